The van der Waals surface area contributed by atoms with E-state index in [4.69, 9.17) is 9.47 Å². The van der Waals surface area contributed by atoms with Crippen molar-refractivity contribution in [3.05, 3.63) is 42.4 Å². The first-order chi connectivity index (χ1) is 14.3. The van der Waals surface area contributed by atoms with Gasteiger partial charge in [0.1, 0.15) is 17.0 Å². The number of alkyl halides is 3. The number of aromatic nitrogens is 3. The normalized spacial score (nSPS) is 11.4. The van der Waals surface area contributed by atoms with E-state index < -0.39 is 18.0 Å². The molecule has 3 rings (SSSR count). The molecule has 0 unspecified atom stereocenters. The Hall–Kier alpha value is -3.50. The molecule has 0 aliphatic carbocycles. The van der Waals surface area contributed by atoms with Crippen LogP contribution in [0.15, 0.2) is 36.5 Å². The minimum Gasteiger partial charge on any atom is -0.497 e. The standard InChI is InChI=1S/C19H20F3N5O3/c1-29-12-6-7-13(15(11-12)30-2)26-18(28)24-9-4-10-27-16-14(5-3-8-23-16)25-17(27)19(20,21)22/h3,5-8,11H,4,9-10H2,1-2H3,(H2,24,26,28). The summed E-state index contributed by atoms with van der Waals surface area (Å²) in [4.78, 5) is 19.7. The van der Waals surface area contributed by atoms with E-state index in [9.17, 15) is 18.0 Å². The lowest BCUT2D eigenvalue weighted by molar-refractivity contribution is -0.147. The average molecular weight is 423 g/mol. The van der Waals surface area contributed by atoms with E-state index in [1.807, 2.05) is 0 Å². The number of aryl methyl sites for hydroxylation is 1. The molecule has 0 aliphatic heterocycles. The van der Waals surface area contributed by atoms with Gasteiger partial charge in [0.05, 0.1) is 19.9 Å². The lowest BCUT2D eigenvalue weighted by Gasteiger charge is -2.13. The molecule has 0 saturated carbocycles. The molecule has 2 heterocycles. The summed E-state index contributed by atoms with van der Waals surface area (Å²) in [7, 11) is 2.97. The van der Waals surface area contributed by atoms with E-state index in [1.165, 1.54) is 32.5 Å². The molecule has 2 amide bonds. The van der Waals surface area contributed by atoms with Gasteiger partial charge >= 0.3 is 12.2 Å². The minimum absolute atomic E-state index is 0.00546. The molecule has 0 spiro atoms. The molecule has 0 atom stereocenters. The van der Waals surface area contributed by atoms with Crippen LogP contribution >= 0.6 is 0 Å². The molecule has 3 aromatic rings. The van der Waals surface area contributed by atoms with Crippen LogP contribution in [0.5, 0.6) is 11.5 Å². The molecule has 0 aliphatic rings. The first-order valence-electron chi connectivity index (χ1n) is 8.99. The number of carbonyl (C=O) groups excluding carboxylic acids is 1. The lowest BCUT2D eigenvalue weighted by atomic mass is 10.2. The van der Waals surface area contributed by atoms with Crippen molar-refractivity contribution in [1.29, 1.82) is 0 Å². The summed E-state index contributed by atoms with van der Waals surface area (Å²) in [5.41, 5.74) is 0.749. The Morgan fingerprint density at radius 1 is 1.20 bits per heavy atom. The smallest absolute Gasteiger partial charge is 0.449 e. The van der Waals surface area contributed by atoms with Crippen molar-refractivity contribution < 1.29 is 27.4 Å². The Bertz CT molecular complexity index is 1040. The Morgan fingerprint density at radius 3 is 2.70 bits per heavy atom. The van der Waals surface area contributed by atoms with Crippen molar-refractivity contribution in [2.45, 2.75) is 19.1 Å². The highest BCUT2D eigenvalue weighted by molar-refractivity contribution is 5.91. The van der Waals surface area contributed by atoms with Gasteiger partial charge in [0, 0.05) is 25.4 Å². The second-order valence-corrected chi connectivity index (χ2v) is 6.23. The van der Waals surface area contributed by atoms with Crippen molar-refractivity contribution in [2.24, 2.45) is 0 Å². The molecule has 160 valence electrons. The van der Waals surface area contributed by atoms with Crippen molar-refractivity contribution in [3.63, 3.8) is 0 Å². The first-order valence-corrected chi connectivity index (χ1v) is 8.99. The first kappa shape index (κ1) is 21.2. The van der Waals surface area contributed by atoms with E-state index in [0.29, 0.717) is 17.2 Å². The van der Waals surface area contributed by atoms with E-state index in [1.54, 1.807) is 18.2 Å². The number of anilines is 1. The third-order valence-corrected chi connectivity index (χ3v) is 4.26. The number of pyridine rings is 1. The van der Waals surface area contributed by atoms with Crippen LogP contribution in [0.3, 0.4) is 0 Å². The average Bonchev–Trinajstić information content (AvgIpc) is 3.10. The van der Waals surface area contributed by atoms with Crippen LogP contribution in [0, 0.1) is 0 Å². The SMILES string of the molecule is COc1ccc(NC(=O)NCCCn2c(C(F)(F)F)nc3cccnc32)c(OC)c1. The molecule has 8 nitrogen and oxygen atoms in total. The molecule has 11 heteroatoms. The number of fused-ring (bicyclic) bond motifs is 1. The number of amides is 2. The van der Waals surface area contributed by atoms with Gasteiger partial charge in [-0.25, -0.2) is 14.8 Å². The zero-order valence-electron chi connectivity index (χ0n) is 16.3. The summed E-state index contributed by atoms with van der Waals surface area (Å²) in [6.07, 6.45) is -2.94. The topological polar surface area (TPSA) is 90.3 Å². The Labute approximate surface area is 170 Å². The van der Waals surface area contributed by atoms with E-state index in [-0.39, 0.29) is 30.7 Å². The summed E-state index contributed by atoms with van der Waals surface area (Å²) < 4.78 is 51.2. The predicted octanol–water partition coefficient (Wildman–Crippen LogP) is 3.68. The number of carbonyl (C=O) groups is 1. The number of halogens is 3. The highest BCUT2D eigenvalue weighted by atomic mass is 19.4. The summed E-state index contributed by atoms with van der Waals surface area (Å²) in [6, 6.07) is 7.39. The molecule has 30 heavy (non-hydrogen) atoms. The van der Waals surface area contributed by atoms with Crippen molar-refractivity contribution in [3.8, 4) is 11.5 Å². The number of ether oxygens (including phenoxy) is 2. The van der Waals surface area contributed by atoms with Gasteiger partial charge in [-0.1, -0.05) is 0 Å². The number of nitrogens with zero attached hydrogens (tertiary/aromatic N) is 3. The van der Waals surface area contributed by atoms with Crippen LogP contribution in [0.4, 0.5) is 23.7 Å². The van der Waals surface area contributed by atoms with Crippen LogP contribution in [-0.2, 0) is 12.7 Å². The van der Waals surface area contributed by atoms with Gasteiger partial charge < -0.3 is 24.7 Å². The largest absolute Gasteiger partial charge is 0.497 e. The number of rotatable bonds is 7. The lowest BCUT2D eigenvalue weighted by Crippen LogP contribution is -2.30. The molecule has 0 radical (unpaired) electrons. The zero-order chi connectivity index (χ0) is 21.7. The van der Waals surface area contributed by atoms with Gasteiger partial charge in [-0.15, -0.1) is 0 Å². The Morgan fingerprint density at radius 2 is 2.00 bits per heavy atom. The fraction of sp³-hybridized carbons (Fsp3) is 0.316. The predicted molar refractivity (Wildman–Crippen MR) is 104 cm³/mol. The highest BCUT2D eigenvalue weighted by Crippen LogP contribution is 2.31. The van der Waals surface area contributed by atoms with Crippen molar-refractivity contribution >= 4 is 22.9 Å². The number of hydrogen-bond donors (Lipinski definition) is 2. The fourth-order valence-electron chi connectivity index (χ4n) is 2.89. The van der Waals surface area contributed by atoms with Crippen LogP contribution in [0.25, 0.3) is 11.2 Å². The fourth-order valence-corrected chi connectivity index (χ4v) is 2.89. The summed E-state index contributed by atoms with van der Waals surface area (Å²) in [5.74, 6) is -0.0293. The van der Waals surface area contributed by atoms with Gasteiger partial charge in [-0.05, 0) is 30.7 Å². The number of hydrogen-bond acceptors (Lipinski definition) is 5. The molecular weight excluding hydrogens is 403 g/mol. The molecule has 2 N–H and O–H groups in total. The van der Waals surface area contributed by atoms with Gasteiger partial charge in [-0.2, -0.15) is 13.2 Å². The maximum atomic E-state index is 13.3. The maximum Gasteiger partial charge on any atom is 0.449 e. The second-order valence-electron chi connectivity index (χ2n) is 6.23. The Kier molecular flexibility index (Phi) is 6.28. The number of imidazole rings is 1. The highest BCUT2D eigenvalue weighted by Gasteiger charge is 2.37. The zero-order valence-corrected chi connectivity index (χ0v) is 16.3. The molecule has 2 aromatic heterocycles. The molecule has 1 aromatic carbocycles. The van der Waals surface area contributed by atoms with Crippen LogP contribution < -0.4 is 20.1 Å². The number of benzene rings is 1. The number of urea groups is 1. The van der Waals surface area contributed by atoms with Crippen LogP contribution in [0.2, 0.25) is 0 Å². The van der Waals surface area contributed by atoms with Gasteiger partial charge in [0.25, 0.3) is 0 Å². The van der Waals surface area contributed by atoms with Crippen molar-refractivity contribution in [1.82, 2.24) is 19.9 Å². The quantitative estimate of drug-likeness (QED) is 0.566. The van der Waals surface area contributed by atoms with E-state index >= 15 is 0 Å². The Balaban J connectivity index is 1.60. The van der Waals surface area contributed by atoms with Crippen LogP contribution in [-0.4, -0.2) is 41.3 Å². The van der Waals surface area contributed by atoms with Crippen LogP contribution in [0.1, 0.15) is 12.2 Å². The van der Waals surface area contributed by atoms with E-state index in [2.05, 4.69) is 20.6 Å². The molecule has 0 fully saturated rings. The summed E-state index contributed by atoms with van der Waals surface area (Å²) in [5, 5.41) is 5.24. The maximum absolute atomic E-state index is 13.3. The molecule has 0 saturated heterocycles. The van der Waals surface area contributed by atoms with E-state index in [0.717, 1.165) is 4.57 Å². The monoisotopic (exact) mass is 423 g/mol. The third-order valence-electron chi connectivity index (χ3n) is 4.26. The van der Waals surface area contributed by atoms with Gasteiger partial charge in [0.2, 0.25) is 5.82 Å². The molecule has 0 bridgehead atoms. The number of methoxy groups -OCH3 is 2. The van der Waals surface area contributed by atoms with Gasteiger partial charge in [-0.3, -0.25) is 0 Å². The molecular formula is C19H20F3N5O3. The third kappa shape index (κ3) is 4.73. The minimum atomic E-state index is -4.60. The van der Waals surface area contributed by atoms with Gasteiger partial charge in [0.15, 0.2) is 5.65 Å². The summed E-state index contributed by atoms with van der Waals surface area (Å²) in [6.45, 7) is 0.141. The van der Waals surface area contributed by atoms with Crippen molar-refractivity contribution in [2.75, 3.05) is 26.1 Å². The summed E-state index contributed by atoms with van der Waals surface area (Å²) >= 11 is 0. The number of nitrogens with one attached hydrogen (secondary N) is 2. The second kappa shape index (κ2) is 8.89.